The first-order chi connectivity index (χ1) is 34.8. The Morgan fingerprint density at radius 2 is 1.41 bits per heavy atom. The van der Waals surface area contributed by atoms with Crippen LogP contribution in [0.2, 0.25) is 0 Å². The molecule has 73 heavy (non-hydrogen) atoms. The predicted molar refractivity (Wildman–Crippen MR) is 256 cm³/mol. The molecule has 0 saturated carbocycles. The van der Waals surface area contributed by atoms with Gasteiger partial charge in [0, 0.05) is 66.4 Å². The molecule has 4 N–H and O–H groups in total. The van der Waals surface area contributed by atoms with E-state index in [1.165, 1.54) is 6.20 Å². The number of hydrogen-bond acceptors (Lipinski definition) is 18. The van der Waals surface area contributed by atoms with Crippen molar-refractivity contribution in [1.29, 1.82) is 0 Å². The molecule has 3 heterocycles. The number of carbonyl (C=O) groups is 1. The number of rotatable bonds is 38. The van der Waals surface area contributed by atoms with E-state index in [0.29, 0.717) is 155 Å². The molecule has 2 aliphatic rings. The van der Waals surface area contributed by atoms with Crippen molar-refractivity contribution >= 4 is 34.0 Å². The number of aromatic nitrogens is 3. The number of esters is 1. The number of nitrogens with zero attached hydrogens (tertiary/aromatic N) is 8. The largest absolute Gasteiger partial charge is 0.469 e. The van der Waals surface area contributed by atoms with Crippen molar-refractivity contribution in [2.24, 2.45) is 10.7 Å². The smallest absolute Gasteiger partial charge is 0.331 e. The number of ether oxygens (including phenoxy) is 10. The van der Waals surface area contributed by atoms with E-state index in [0.717, 1.165) is 6.54 Å². The van der Waals surface area contributed by atoms with Gasteiger partial charge in [-0.15, -0.1) is 5.10 Å². The van der Waals surface area contributed by atoms with E-state index in [9.17, 15) is 27.9 Å². The van der Waals surface area contributed by atoms with E-state index in [2.05, 4.69) is 30.3 Å². The molecular formula is C43H68F3N9O15P2Y-2. The average molecular weight is 1160 g/mol. The van der Waals surface area contributed by atoms with Crippen LogP contribution in [0.4, 0.5) is 13.2 Å². The van der Waals surface area contributed by atoms with Gasteiger partial charge in [0.2, 0.25) is 5.75 Å². The Hall–Kier alpha value is -2.66. The summed E-state index contributed by atoms with van der Waals surface area (Å²) in [6, 6.07) is 0.840. The number of aliphatic imine (C=N–C) groups is 1. The molecule has 3 atom stereocenters. The normalized spacial score (nSPS) is 16.9. The standard InChI is InChI=1S/C43H68F3N9O15P2.Y/c1-49-43(50-39-3-2-35(69-39)31-68-71-32-72(57,58)59)36(28-47)42(48)54-7-5-53(6-8-54)9-12-61-15-18-64-22-23-66-24-25-67-30-34-29-55(52-51-34)10-13-62-16-19-65-21-20-63-17-14-60-11-4-40(56)70-41-37(45)26-33(44)27-38(41)46;/h26-29,35,39,71H,2-25,30-32H2,1H3,(H4-2,47,48,49,50,57,58,59);/q-2;. The van der Waals surface area contributed by atoms with E-state index in [-0.39, 0.29) is 98.0 Å². The Balaban J connectivity index is 0.0000141. The average Bonchev–Trinajstić information content (AvgIpc) is 4.01. The van der Waals surface area contributed by atoms with E-state index in [1.54, 1.807) is 17.9 Å². The van der Waals surface area contributed by atoms with E-state index >= 15 is 0 Å². The van der Waals surface area contributed by atoms with E-state index < -0.39 is 43.0 Å². The van der Waals surface area contributed by atoms with Crippen LogP contribution in [0.1, 0.15) is 25.0 Å². The zero-order valence-corrected chi connectivity index (χ0v) is 45.8. The summed E-state index contributed by atoms with van der Waals surface area (Å²) in [5, 5.41) is 23.5. The van der Waals surface area contributed by atoms with Gasteiger partial charge in [-0.2, -0.15) is 0 Å². The van der Waals surface area contributed by atoms with Gasteiger partial charge >= 0.3 is 13.6 Å². The summed E-state index contributed by atoms with van der Waals surface area (Å²) in [5.41, 5.74) is 6.90. The van der Waals surface area contributed by atoms with Crippen LogP contribution in [-0.2, 0) is 102 Å². The molecule has 4 rings (SSSR count). The van der Waals surface area contributed by atoms with Crippen LogP contribution in [0.15, 0.2) is 35.1 Å². The molecule has 2 fully saturated rings. The van der Waals surface area contributed by atoms with Crippen LogP contribution in [0, 0.1) is 17.5 Å². The van der Waals surface area contributed by atoms with Crippen molar-refractivity contribution < 1.29 is 117 Å². The summed E-state index contributed by atoms with van der Waals surface area (Å²) in [4.78, 5) is 38.4. The first-order valence-corrected chi connectivity index (χ1v) is 26.3. The van der Waals surface area contributed by atoms with Crippen molar-refractivity contribution in [1.82, 2.24) is 24.8 Å². The molecule has 0 bridgehead atoms. The summed E-state index contributed by atoms with van der Waals surface area (Å²) >= 11 is 0. The van der Waals surface area contributed by atoms with Crippen LogP contribution in [0.25, 0.3) is 10.7 Å². The van der Waals surface area contributed by atoms with Gasteiger partial charge in [0.05, 0.1) is 150 Å². The Morgan fingerprint density at radius 1 is 0.863 bits per heavy atom. The number of halogens is 3. The maximum atomic E-state index is 13.6. The summed E-state index contributed by atoms with van der Waals surface area (Å²) in [6.07, 6.45) is 3.30. The Morgan fingerprint density at radius 3 is 1.97 bits per heavy atom. The molecule has 2 aliphatic heterocycles. The summed E-state index contributed by atoms with van der Waals surface area (Å²) in [7, 11) is -2.86. The number of carbonyl (C=O) groups excluding carboxylic acids is 1. The number of benzene rings is 1. The van der Waals surface area contributed by atoms with Gasteiger partial charge in [-0.05, 0) is 44.6 Å². The second-order valence-electron chi connectivity index (χ2n) is 15.7. The van der Waals surface area contributed by atoms with Crippen molar-refractivity contribution in [3.8, 4) is 5.75 Å². The molecule has 3 unspecified atom stereocenters. The number of nitrogens with two attached hydrogens (primary N) is 1. The third-order valence-corrected chi connectivity index (χ3v) is 12.8. The number of likely N-dealkylation sites (N-methyl/N-ethyl adjacent to an activating group) is 1. The molecule has 30 heteroatoms. The quantitative estimate of drug-likeness (QED) is 0.0217. The number of piperazine rings is 1. The minimum atomic E-state index is -4.10. The Labute approximate surface area is 450 Å². The third-order valence-electron chi connectivity index (χ3n) is 10.2. The second kappa shape index (κ2) is 38.0. The van der Waals surface area contributed by atoms with Crippen LogP contribution in [-0.4, -0.2) is 216 Å². The molecule has 24 nitrogen and oxygen atoms in total. The fourth-order valence-electron chi connectivity index (χ4n) is 6.58. The van der Waals surface area contributed by atoms with Crippen molar-refractivity contribution in [2.45, 2.75) is 44.7 Å². The monoisotopic (exact) mass is 1160 g/mol. The zero-order valence-electron chi connectivity index (χ0n) is 41.1. The third kappa shape index (κ3) is 27.8. The first-order valence-electron chi connectivity index (χ1n) is 23.4. The summed E-state index contributed by atoms with van der Waals surface area (Å²) < 4.78 is 113. The molecule has 2 saturated heterocycles. The maximum absolute atomic E-state index is 13.6. The van der Waals surface area contributed by atoms with Crippen molar-refractivity contribution in [3.05, 3.63) is 64.0 Å². The summed E-state index contributed by atoms with van der Waals surface area (Å²) in [5.74, 6) is -5.69. The van der Waals surface area contributed by atoms with Crippen LogP contribution < -0.4 is 10.5 Å². The fraction of sp³-hybridized carbons (Fsp3) is 0.698. The molecule has 2 aromatic rings. The Kier molecular flexibility index (Phi) is 33.6. The van der Waals surface area contributed by atoms with E-state index in [4.69, 9.17) is 62.7 Å². The van der Waals surface area contributed by atoms with Gasteiger partial charge in [-0.3, -0.25) is 9.36 Å². The van der Waals surface area contributed by atoms with Crippen molar-refractivity contribution in [3.63, 3.8) is 0 Å². The van der Waals surface area contributed by atoms with Crippen molar-refractivity contribution in [2.75, 3.05) is 151 Å². The van der Waals surface area contributed by atoms with Crippen LogP contribution in [0.3, 0.4) is 0 Å². The second-order valence-corrected chi connectivity index (χ2v) is 18.9. The maximum Gasteiger partial charge on any atom is 0.331 e. The van der Waals surface area contributed by atoms with Gasteiger partial charge in [0.15, 0.2) is 11.6 Å². The van der Waals surface area contributed by atoms with Gasteiger partial charge in [-0.1, -0.05) is 23.9 Å². The predicted octanol–water partition coefficient (Wildman–Crippen LogP) is 2.40. The molecule has 0 amide bonds. The van der Waals surface area contributed by atoms with Gasteiger partial charge < -0.3 is 92.9 Å². The minimum Gasteiger partial charge on any atom is -0.469 e. The molecule has 411 valence electrons. The molecule has 1 aromatic carbocycles. The first kappa shape index (κ1) is 64.6. The van der Waals surface area contributed by atoms with Gasteiger partial charge in [0.1, 0.15) is 11.5 Å². The SMILES string of the molecule is C[N-]C(=N\C1CCC(COPCP(=O)(O)O)O1)/C(=C\N)C(=[N-])N1CCN(CCOCCOCCOCCOCc2cn(CCOCCOCCOCCOCCC(=O)Oc3c(F)cc(F)cc3F)nn2)CC1.[Y]. The molecular weight excluding hydrogens is 1090 g/mol. The summed E-state index contributed by atoms with van der Waals surface area (Å²) in [6.45, 7) is 9.54. The Bertz CT molecular complexity index is 1970. The minimum absolute atomic E-state index is 0. The van der Waals surface area contributed by atoms with Gasteiger partial charge in [0.25, 0.3) is 0 Å². The van der Waals surface area contributed by atoms with E-state index in [1.807, 2.05) is 4.90 Å². The molecule has 0 spiro atoms. The molecule has 1 aromatic heterocycles. The molecule has 0 aliphatic carbocycles. The van der Waals surface area contributed by atoms with Gasteiger partial charge in [-0.25, -0.2) is 17.9 Å². The molecule has 1 radical (unpaired) electrons. The van der Waals surface area contributed by atoms with Crippen LogP contribution in [0.5, 0.6) is 5.75 Å². The van der Waals surface area contributed by atoms with Crippen LogP contribution >= 0.6 is 16.4 Å². The number of hydrogen-bond donors (Lipinski definition) is 3. The number of amidine groups is 2. The topological polar surface area (TPSA) is 288 Å². The fourth-order valence-corrected chi connectivity index (χ4v) is 7.93. The zero-order chi connectivity index (χ0) is 51.8.